The molecule has 2 aromatic rings. The zero-order valence-corrected chi connectivity index (χ0v) is 15.4. The predicted molar refractivity (Wildman–Crippen MR) is 102 cm³/mol. The molecule has 1 aliphatic heterocycles. The van der Waals surface area contributed by atoms with Crippen molar-refractivity contribution in [1.29, 1.82) is 0 Å². The molecule has 130 valence electrons. The van der Waals surface area contributed by atoms with Crippen LogP contribution < -0.4 is 10.2 Å². The van der Waals surface area contributed by atoms with Crippen molar-refractivity contribution in [2.45, 2.75) is 24.3 Å². The van der Waals surface area contributed by atoms with Crippen LogP contribution in [0.25, 0.3) is 0 Å². The lowest BCUT2D eigenvalue weighted by atomic mass is 10.1. The molecule has 0 radical (unpaired) electrons. The van der Waals surface area contributed by atoms with E-state index in [2.05, 4.69) is 5.32 Å². The molecule has 25 heavy (non-hydrogen) atoms. The second kappa shape index (κ2) is 7.93. The molecular weight excluding hydrogens is 356 g/mol. The summed E-state index contributed by atoms with van der Waals surface area (Å²) >= 11 is 7.43. The van der Waals surface area contributed by atoms with Crippen LogP contribution >= 0.6 is 23.4 Å². The maximum absolute atomic E-state index is 12.3. The number of fused-ring (bicyclic) bond motifs is 1. The molecule has 0 spiro atoms. The molecule has 0 saturated heterocycles. The van der Waals surface area contributed by atoms with Crippen molar-refractivity contribution < 1.29 is 9.59 Å². The Morgan fingerprint density at radius 1 is 1.24 bits per heavy atom. The third kappa shape index (κ3) is 4.35. The number of halogens is 1. The first-order chi connectivity index (χ1) is 12.0. The highest BCUT2D eigenvalue weighted by molar-refractivity contribution is 8.00. The molecule has 1 atom stereocenters. The predicted octanol–water partition coefficient (Wildman–Crippen LogP) is 4.05. The van der Waals surface area contributed by atoms with Gasteiger partial charge in [-0.1, -0.05) is 35.9 Å². The van der Waals surface area contributed by atoms with Crippen molar-refractivity contribution in [1.82, 2.24) is 5.32 Å². The molecule has 0 bridgehead atoms. The van der Waals surface area contributed by atoms with Gasteiger partial charge in [0.25, 0.3) is 0 Å². The number of carbonyl (C=O) groups is 2. The molecule has 0 fully saturated rings. The van der Waals surface area contributed by atoms with E-state index in [1.165, 1.54) is 0 Å². The summed E-state index contributed by atoms with van der Waals surface area (Å²) in [5, 5.41) is 3.64. The number of amides is 2. The van der Waals surface area contributed by atoms with Gasteiger partial charge in [-0.2, -0.15) is 0 Å². The van der Waals surface area contributed by atoms with E-state index in [9.17, 15) is 9.59 Å². The second-order valence-electron chi connectivity index (χ2n) is 5.89. The largest absolute Gasteiger partial charge is 0.350 e. The third-order valence-electron chi connectivity index (χ3n) is 4.12. The number of hydrogen-bond acceptors (Lipinski definition) is 3. The van der Waals surface area contributed by atoms with Gasteiger partial charge in [0.1, 0.15) is 0 Å². The van der Waals surface area contributed by atoms with Gasteiger partial charge in [0.2, 0.25) is 11.8 Å². The minimum atomic E-state index is -0.107. The van der Waals surface area contributed by atoms with E-state index in [1.807, 2.05) is 43.3 Å². The molecule has 0 saturated carbocycles. The van der Waals surface area contributed by atoms with Crippen molar-refractivity contribution in [3.8, 4) is 0 Å². The Balaban J connectivity index is 1.59. The fourth-order valence-electron chi connectivity index (χ4n) is 2.76. The fraction of sp³-hybridized carbons (Fsp3) is 0.263. The van der Waals surface area contributed by atoms with Gasteiger partial charge in [0.15, 0.2) is 0 Å². The number of carbonyl (C=O) groups excluding carboxylic acids is 2. The van der Waals surface area contributed by atoms with E-state index in [1.54, 1.807) is 28.8 Å². The Bertz CT molecular complexity index is 779. The van der Waals surface area contributed by atoms with Crippen LogP contribution in [0, 0.1) is 0 Å². The lowest BCUT2D eigenvalue weighted by molar-refractivity contribution is -0.121. The van der Waals surface area contributed by atoms with E-state index in [0.717, 1.165) is 16.1 Å². The van der Waals surface area contributed by atoms with E-state index < -0.39 is 0 Å². The molecule has 0 unspecified atom stereocenters. The van der Waals surface area contributed by atoms with Gasteiger partial charge in [-0.25, -0.2) is 0 Å². The SMILES string of the molecule is C[C@H](NC(=O)CCN1C(=O)CSc2ccccc21)c1ccc(Cl)cc1. The molecular formula is C19H19ClN2O2S. The number of para-hydroxylation sites is 1. The van der Waals surface area contributed by atoms with E-state index in [0.29, 0.717) is 17.3 Å². The number of nitrogens with zero attached hydrogens (tertiary/aromatic N) is 1. The summed E-state index contributed by atoms with van der Waals surface area (Å²) in [5.41, 5.74) is 1.89. The Hall–Kier alpha value is -1.98. The van der Waals surface area contributed by atoms with Gasteiger partial charge < -0.3 is 10.2 Å². The van der Waals surface area contributed by atoms with Gasteiger partial charge >= 0.3 is 0 Å². The van der Waals surface area contributed by atoms with Crippen LogP contribution in [-0.4, -0.2) is 24.1 Å². The average Bonchev–Trinajstić information content (AvgIpc) is 2.61. The lowest BCUT2D eigenvalue weighted by Gasteiger charge is -2.28. The lowest BCUT2D eigenvalue weighted by Crippen LogP contribution is -2.38. The molecule has 0 aliphatic carbocycles. The number of rotatable bonds is 5. The van der Waals surface area contributed by atoms with Gasteiger partial charge in [-0.05, 0) is 36.8 Å². The maximum Gasteiger partial charge on any atom is 0.237 e. The van der Waals surface area contributed by atoms with E-state index >= 15 is 0 Å². The van der Waals surface area contributed by atoms with Crippen LogP contribution in [0.15, 0.2) is 53.4 Å². The van der Waals surface area contributed by atoms with Gasteiger partial charge in [-0.3, -0.25) is 9.59 Å². The van der Waals surface area contributed by atoms with Crippen LogP contribution in [0.2, 0.25) is 5.02 Å². The van der Waals surface area contributed by atoms with Crippen LogP contribution in [0.4, 0.5) is 5.69 Å². The first-order valence-corrected chi connectivity index (χ1v) is 9.48. The Kier molecular flexibility index (Phi) is 5.66. The van der Waals surface area contributed by atoms with E-state index in [-0.39, 0.29) is 24.3 Å². The number of anilines is 1. The van der Waals surface area contributed by atoms with Crippen LogP contribution in [0.5, 0.6) is 0 Å². The highest BCUT2D eigenvalue weighted by Gasteiger charge is 2.24. The molecule has 2 aromatic carbocycles. The van der Waals surface area contributed by atoms with Crippen molar-refractivity contribution >= 4 is 40.9 Å². The smallest absolute Gasteiger partial charge is 0.237 e. The summed E-state index contributed by atoms with van der Waals surface area (Å²) in [7, 11) is 0. The van der Waals surface area contributed by atoms with Crippen molar-refractivity contribution in [3.63, 3.8) is 0 Å². The van der Waals surface area contributed by atoms with E-state index in [4.69, 9.17) is 11.6 Å². The highest BCUT2D eigenvalue weighted by Crippen LogP contribution is 2.34. The molecule has 1 N–H and O–H groups in total. The summed E-state index contributed by atoms with van der Waals surface area (Å²) < 4.78 is 0. The zero-order chi connectivity index (χ0) is 17.8. The van der Waals surface area contributed by atoms with Gasteiger partial charge in [0, 0.05) is 22.9 Å². The summed E-state index contributed by atoms with van der Waals surface area (Å²) in [6.07, 6.45) is 0.267. The minimum Gasteiger partial charge on any atom is -0.350 e. The number of hydrogen-bond donors (Lipinski definition) is 1. The van der Waals surface area contributed by atoms with Crippen molar-refractivity contribution in [3.05, 3.63) is 59.1 Å². The molecule has 3 rings (SSSR count). The topological polar surface area (TPSA) is 49.4 Å². The Morgan fingerprint density at radius 2 is 1.96 bits per heavy atom. The van der Waals surface area contributed by atoms with Gasteiger partial charge in [0.05, 0.1) is 17.5 Å². The number of benzene rings is 2. The van der Waals surface area contributed by atoms with Crippen LogP contribution in [0.3, 0.4) is 0 Å². The van der Waals surface area contributed by atoms with Crippen LogP contribution in [-0.2, 0) is 9.59 Å². The summed E-state index contributed by atoms with van der Waals surface area (Å²) in [5.74, 6) is 0.382. The second-order valence-corrected chi connectivity index (χ2v) is 7.35. The molecule has 1 aliphatic rings. The minimum absolute atomic E-state index is 0.0437. The first-order valence-electron chi connectivity index (χ1n) is 8.11. The highest BCUT2D eigenvalue weighted by atomic mass is 35.5. The summed E-state index contributed by atoms with van der Waals surface area (Å²) in [6.45, 7) is 2.31. The molecule has 4 nitrogen and oxygen atoms in total. The quantitative estimate of drug-likeness (QED) is 0.859. The normalized spacial score (nSPS) is 14.8. The molecule has 6 heteroatoms. The Morgan fingerprint density at radius 3 is 2.72 bits per heavy atom. The average molecular weight is 375 g/mol. The first kappa shape index (κ1) is 17.8. The maximum atomic E-state index is 12.3. The fourth-order valence-corrected chi connectivity index (χ4v) is 3.82. The molecule has 0 aromatic heterocycles. The third-order valence-corrected chi connectivity index (χ3v) is 5.42. The van der Waals surface area contributed by atoms with Crippen molar-refractivity contribution in [2.75, 3.05) is 17.2 Å². The molecule has 2 amide bonds. The standard InChI is InChI=1S/C19H19ClN2O2S/c1-13(14-6-8-15(20)9-7-14)21-18(23)10-11-22-16-4-2-3-5-17(16)25-12-19(22)24/h2-9,13H,10-12H2,1H3,(H,21,23)/t13-/m0/s1. The zero-order valence-electron chi connectivity index (χ0n) is 13.9. The Labute approximate surface area is 156 Å². The number of thioether (sulfide) groups is 1. The van der Waals surface area contributed by atoms with Crippen LogP contribution in [0.1, 0.15) is 24.9 Å². The monoisotopic (exact) mass is 374 g/mol. The molecule has 1 heterocycles. The van der Waals surface area contributed by atoms with Crippen molar-refractivity contribution in [2.24, 2.45) is 0 Å². The van der Waals surface area contributed by atoms with Gasteiger partial charge in [-0.15, -0.1) is 11.8 Å². The summed E-state index contributed by atoms with van der Waals surface area (Å²) in [6, 6.07) is 15.1. The summed E-state index contributed by atoms with van der Waals surface area (Å²) in [4.78, 5) is 27.3. The number of nitrogens with one attached hydrogen (secondary N) is 1.